The van der Waals surface area contributed by atoms with Gasteiger partial charge in [-0.1, -0.05) is 92.7 Å². The van der Waals surface area contributed by atoms with Gasteiger partial charge in [-0.05, 0) is 70.8 Å². The minimum absolute atomic E-state index is 0.142. The maximum atomic E-state index is 15.1. The fourth-order valence-corrected chi connectivity index (χ4v) is 9.00. The van der Waals surface area contributed by atoms with Gasteiger partial charge in [0.1, 0.15) is 23.9 Å². The summed E-state index contributed by atoms with van der Waals surface area (Å²) in [5, 5.41) is 18.9. The van der Waals surface area contributed by atoms with Crippen molar-refractivity contribution in [3.63, 3.8) is 0 Å². The Hall–Kier alpha value is -6.65. The number of aliphatic hydroxyl groups is 1. The van der Waals surface area contributed by atoms with Gasteiger partial charge in [0.15, 0.2) is 0 Å². The molecule has 2 saturated heterocycles. The molecule has 5 atom stereocenters. The summed E-state index contributed by atoms with van der Waals surface area (Å²) in [6.45, 7) is 5.61. The first kappa shape index (κ1) is 44.0. The third-order valence-corrected chi connectivity index (χ3v) is 12.5. The quantitative estimate of drug-likeness (QED) is 0.0809. The number of carbonyl (C=O) groups excluding carboxylic acids is 3. The molecule has 0 saturated carbocycles. The van der Waals surface area contributed by atoms with Gasteiger partial charge in [0.05, 0.1) is 62.2 Å². The number of ether oxygens (including phenoxy) is 2. The van der Waals surface area contributed by atoms with E-state index < -0.39 is 61.0 Å². The standard InChI is InChI=1S/C48H52F2N8O6/c1-28(2)39(55-45(61)63-4)43(60)58-21-9-20-47(58,3)44-52-26-37(54-44)35-19-18-33-22-32(16-17-34(33)23-35)29-12-14-30(15-13-29)36-25-51-41(53-36)38-24-48(49,50)27-57(38)42(59)40(56-46(62)64-5)31-10-7-6-8-11-31/h6-8,10-19,22-23,25-26,28,38-40,42,59H,9,20-21,24,27H2,1-5H3,(H,51,53)(H,52,54)(H,55,61)(H,56,62)/t38?,39-,40+,42?,47?/m0/s1. The molecule has 2 fully saturated rings. The van der Waals surface area contributed by atoms with Crippen molar-refractivity contribution in [2.24, 2.45) is 5.92 Å². The fourth-order valence-electron chi connectivity index (χ4n) is 9.00. The number of halogens is 2. The van der Waals surface area contributed by atoms with Crippen LogP contribution < -0.4 is 10.6 Å². The molecule has 0 spiro atoms. The second-order valence-electron chi connectivity index (χ2n) is 17.1. The van der Waals surface area contributed by atoms with Crippen LogP contribution in [-0.2, 0) is 19.8 Å². The first-order valence-electron chi connectivity index (χ1n) is 21.3. The Morgan fingerprint density at radius 2 is 1.42 bits per heavy atom. The highest BCUT2D eigenvalue weighted by atomic mass is 19.3. The predicted molar refractivity (Wildman–Crippen MR) is 237 cm³/mol. The van der Waals surface area contributed by atoms with E-state index in [-0.39, 0.29) is 17.6 Å². The van der Waals surface area contributed by atoms with Crippen LogP contribution in [0.15, 0.2) is 103 Å². The number of rotatable bonds is 12. The summed E-state index contributed by atoms with van der Waals surface area (Å²) in [5.41, 5.74) is 5.03. The summed E-state index contributed by atoms with van der Waals surface area (Å²) < 4.78 is 39.7. The molecule has 6 aromatic rings. The van der Waals surface area contributed by atoms with E-state index in [4.69, 9.17) is 14.5 Å². The van der Waals surface area contributed by atoms with Crippen molar-refractivity contribution in [1.29, 1.82) is 0 Å². The molecule has 2 aromatic heterocycles. The number of imidazole rings is 2. The number of aromatic amines is 2. The van der Waals surface area contributed by atoms with Crippen LogP contribution in [0.4, 0.5) is 18.4 Å². The lowest BCUT2D eigenvalue weighted by Crippen LogP contribution is -2.55. The summed E-state index contributed by atoms with van der Waals surface area (Å²) in [6, 6.07) is 26.2. The lowest BCUT2D eigenvalue weighted by Gasteiger charge is -2.37. The summed E-state index contributed by atoms with van der Waals surface area (Å²) in [6.07, 6.45) is 1.38. The second kappa shape index (κ2) is 17.8. The fraction of sp³-hybridized carbons (Fsp3) is 0.354. The van der Waals surface area contributed by atoms with Crippen molar-refractivity contribution in [3.05, 3.63) is 121 Å². The van der Waals surface area contributed by atoms with Crippen LogP contribution in [0.3, 0.4) is 0 Å². The molecule has 0 radical (unpaired) electrons. The van der Waals surface area contributed by atoms with Gasteiger partial charge < -0.3 is 40.1 Å². The number of carbonyl (C=O) groups is 3. The average Bonchev–Trinajstić information content (AvgIpc) is 4.13. The molecule has 3 unspecified atom stereocenters. The molecule has 3 amide bonds. The molecule has 16 heteroatoms. The lowest BCUT2D eigenvalue weighted by atomic mass is 9.95. The second-order valence-corrected chi connectivity index (χ2v) is 17.1. The largest absolute Gasteiger partial charge is 0.453 e. The van der Waals surface area contributed by atoms with Crippen molar-refractivity contribution in [3.8, 4) is 33.6 Å². The van der Waals surface area contributed by atoms with Gasteiger partial charge in [-0.3, -0.25) is 9.69 Å². The molecule has 14 nitrogen and oxygen atoms in total. The van der Waals surface area contributed by atoms with Crippen molar-refractivity contribution < 1.29 is 37.7 Å². The lowest BCUT2D eigenvalue weighted by molar-refractivity contribution is -0.138. The zero-order chi connectivity index (χ0) is 45.3. The van der Waals surface area contributed by atoms with Crippen LogP contribution in [0.5, 0.6) is 0 Å². The van der Waals surface area contributed by atoms with E-state index in [0.717, 1.165) is 51.6 Å². The summed E-state index contributed by atoms with van der Waals surface area (Å²) >= 11 is 0. The molecule has 4 aromatic carbocycles. The number of alkyl carbamates (subject to hydrolysis) is 2. The Balaban J connectivity index is 0.969. The molecule has 334 valence electrons. The summed E-state index contributed by atoms with van der Waals surface area (Å²) in [7, 11) is 2.47. The van der Waals surface area contributed by atoms with Crippen LogP contribution in [0.25, 0.3) is 44.4 Å². The molecule has 5 N–H and O–H groups in total. The zero-order valence-electron chi connectivity index (χ0n) is 36.3. The van der Waals surface area contributed by atoms with Crippen molar-refractivity contribution in [2.45, 2.75) is 75.8 Å². The maximum Gasteiger partial charge on any atom is 0.407 e. The number of alkyl halides is 2. The Bertz CT molecular complexity index is 2640. The number of nitrogens with one attached hydrogen (secondary N) is 4. The Morgan fingerprint density at radius 1 is 0.812 bits per heavy atom. The van der Waals surface area contributed by atoms with Gasteiger partial charge in [0, 0.05) is 18.5 Å². The molecule has 0 bridgehead atoms. The van der Waals surface area contributed by atoms with Crippen LogP contribution in [0, 0.1) is 5.92 Å². The first-order valence-corrected chi connectivity index (χ1v) is 21.3. The van der Waals surface area contributed by atoms with Crippen LogP contribution in [0.2, 0.25) is 0 Å². The number of H-pyrrole nitrogens is 2. The van der Waals surface area contributed by atoms with E-state index >= 15 is 8.78 Å². The summed E-state index contributed by atoms with van der Waals surface area (Å²) in [5.74, 6) is -2.47. The van der Waals surface area contributed by atoms with Crippen LogP contribution >= 0.6 is 0 Å². The third-order valence-electron chi connectivity index (χ3n) is 12.5. The number of aromatic nitrogens is 4. The number of likely N-dealkylation sites (tertiary alicyclic amines) is 2. The van der Waals surface area contributed by atoms with Crippen molar-refractivity contribution in [1.82, 2.24) is 40.4 Å². The molecular weight excluding hydrogens is 823 g/mol. The van der Waals surface area contributed by atoms with E-state index in [1.165, 1.54) is 19.1 Å². The number of benzene rings is 4. The molecule has 0 aliphatic carbocycles. The predicted octanol–water partition coefficient (Wildman–Crippen LogP) is 8.30. The SMILES string of the molecule is COC(=O)N[C@H](C(=O)N1CCCC1(C)c1ncc(-c2ccc3cc(-c4ccc(-c5cnc(C6CC(F)(F)CN6C(O)[C@H](NC(=O)OC)c6ccccc6)[nH]5)cc4)ccc3c2)[nH]1)C(C)C. The van der Waals surface area contributed by atoms with Gasteiger partial charge in [0.25, 0.3) is 5.92 Å². The van der Waals surface area contributed by atoms with Gasteiger partial charge >= 0.3 is 12.2 Å². The highest BCUT2D eigenvalue weighted by Gasteiger charge is 2.51. The van der Waals surface area contributed by atoms with Crippen LogP contribution in [-0.4, -0.2) is 98.4 Å². The third kappa shape index (κ3) is 8.79. The van der Waals surface area contributed by atoms with Crippen LogP contribution in [0.1, 0.15) is 69.3 Å². The Kier molecular flexibility index (Phi) is 12.3. The van der Waals surface area contributed by atoms with Gasteiger partial charge in [0.2, 0.25) is 5.91 Å². The minimum atomic E-state index is -3.11. The number of methoxy groups -OCH3 is 2. The Morgan fingerprint density at radius 3 is 2.11 bits per heavy atom. The van der Waals surface area contributed by atoms with Gasteiger partial charge in [-0.2, -0.15) is 0 Å². The van der Waals surface area contributed by atoms with Crippen molar-refractivity contribution in [2.75, 3.05) is 27.3 Å². The van der Waals surface area contributed by atoms with E-state index in [2.05, 4.69) is 55.9 Å². The maximum absolute atomic E-state index is 15.1. The number of hydrogen-bond donors (Lipinski definition) is 5. The minimum Gasteiger partial charge on any atom is -0.453 e. The number of fused-ring (bicyclic) bond motifs is 1. The summed E-state index contributed by atoms with van der Waals surface area (Å²) in [4.78, 5) is 57.2. The monoisotopic (exact) mass is 874 g/mol. The van der Waals surface area contributed by atoms with E-state index in [1.54, 1.807) is 42.7 Å². The molecule has 2 aliphatic rings. The number of hydrogen-bond acceptors (Lipinski definition) is 9. The van der Waals surface area contributed by atoms with Gasteiger partial charge in [-0.15, -0.1) is 0 Å². The Labute approximate surface area is 369 Å². The highest BCUT2D eigenvalue weighted by Crippen LogP contribution is 2.44. The topological polar surface area (TPSA) is 178 Å². The molecule has 64 heavy (non-hydrogen) atoms. The molecule has 2 aliphatic heterocycles. The van der Waals surface area contributed by atoms with E-state index in [1.807, 2.05) is 56.0 Å². The number of aliphatic hydroxyl groups excluding tert-OH is 1. The van der Waals surface area contributed by atoms with E-state index in [9.17, 15) is 19.5 Å². The normalized spacial score (nSPS) is 20.0. The van der Waals surface area contributed by atoms with Crippen molar-refractivity contribution >= 4 is 28.9 Å². The smallest absolute Gasteiger partial charge is 0.407 e. The zero-order valence-corrected chi connectivity index (χ0v) is 36.3. The molecule has 8 rings (SSSR count). The molecule has 4 heterocycles. The number of nitrogens with zero attached hydrogens (tertiary/aromatic N) is 4. The average molecular weight is 875 g/mol. The van der Waals surface area contributed by atoms with Gasteiger partial charge in [-0.25, -0.2) is 28.3 Å². The highest BCUT2D eigenvalue weighted by molar-refractivity contribution is 5.91. The van der Waals surface area contributed by atoms with E-state index in [0.29, 0.717) is 23.6 Å². The number of amides is 3. The first-order chi connectivity index (χ1) is 30.7. The molecular formula is C48H52F2N8O6.